The summed E-state index contributed by atoms with van der Waals surface area (Å²) in [5, 5.41) is 0. The van der Waals surface area contributed by atoms with Gasteiger partial charge in [-0.2, -0.15) is 0 Å². The van der Waals surface area contributed by atoms with Crippen molar-refractivity contribution in [3.8, 4) is 0 Å². The molecule has 0 bridgehead atoms. The Kier molecular flexibility index (Phi) is 40.6. The molecule has 268 valence electrons. The number of nitrogens with one attached hydrogen (secondary N) is 2. The first-order chi connectivity index (χ1) is 17.5. The van der Waals surface area contributed by atoms with Crippen molar-refractivity contribution in [2.75, 3.05) is 39.3 Å². The molecule has 0 aromatic heterocycles. The van der Waals surface area contributed by atoms with E-state index in [9.17, 15) is 0 Å². The summed E-state index contributed by atoms with van der Waals surface area (Å²) in [4.78, 5) is 5.11. The van der Waals surface area contributed by atoms with Crippen LogP contribution in [0.5, 0.6) is 0 Å². The van der Waals surface area contributed by atoms with Gasteiger partial charge in [0.05, 0.1) is 0 Å². The molecule has 0 saturated heterocycles. The zero-order valence-corrected chi connectivity index (χ0v) is 33.6. The van der Waals surface area contributed by atoms with Crippen LogP contribution in [0.4, 0.5) is 0 Å². The van der Waals surface area contributed by atoms with Crippen molar-refractivity contribution >= 4 is 0 Å². The summed E-state index contributed by atoms with van der Waals surface area (Å²) in [6, 6.07) is 2.39. The molecule has 0 amide bonds. The minimum absolute atomic E-state index is 0. The van der Waals surface area contributed by atoms with E-state index in [-0.39, 0.29) is 60.5 Å². The van der Waals surface area contributed by atoms with Gasteiger partial charge < -0.3 is 61.1 Å². The van der Waals surface area contributed by atoms with Crippen LogP contribution in [0.15, 0.2) is 0 Å². The van der Waals surface area contributed by atoms with Crippen LogP contribution >= 0.6 is 0 Å². The zero-order chi connectivity index (χ0) is 30.1. The molecule has 12 heteroatoms. The van der Waals surface area contributed by atoms with Crippen LogP contribution in [0.25, 0.3) is 0 Å². The quantitative estimate of drug-likeness (QED) is 0.0922. The van der Waals surface area contributed by atoms with E-state index in [0.29, 0.717) is 36.0 Å². The number of nitrogens with zero attached hydrogens (tertiary/aromatic N) is 2. The van der Waals surface area contributed by atoms with E-state index in [1.54, 1.807) is 0 Å². The summed E-state index contributed by atoms with van der Waals surface area (Å²) >= 11 is 10.1. The van der Waals surface area contributed by atoms with Crippen LogP contribution in [0, 0.1) is 22.7 Å². The number of halogens is 4. The van der Waals surface area contributed by atoms with E-state index in [1.165, 1.54) is 12.8 Å². The largest absolute Gasteiger partial charge is 1.00 e. The Morgan fingerprint density at radius 1 is 0.595 bits per heavy atom. The predicted molar refractivity (Wildman–Crippen MR) is 161 cm³/mol. The third kappa shape index (κ3) is 24.2. The van der Waals surface area contributed by atoms with Gasteiger partial charge in [-0.05, 0) is 71.5 Å². The molecule has 6 N–H and O–H groups in total. The van der Waals surface area contributed by atoms with Crippen molar-refractivity contribution in [1.29, 1.82) is 0 Å². The van der Waals surface area contributed by atoms with Crippen molar-refractivity contribution in [2.45, 2.75) is 133 Å². The summed E-state index contributed by atoms with van der Waals surface area (Å²) in [7, 11) is 0. The normalized spacial score (nSPS) is 13.3. The smallest absolute Gasteiger partial charge is 0.00412 e. The maximum absolute atomic E-state index is 5.90. The maximum Gasteiger partial charge on any atom is 0.00412 e. The molecule has 0 aliphatic heterocycles. The zero-order valence-electron chi connectivity index (χ0n) is 28.7. The monoisotopic (exact) mass is 778 g/mol. The second kappa shape index (κ2) is 30.3. The fourth-order valence-electron chi connectivity index (χ4n) is 5.56. The van der Waals surface area contributed by atoms with Crippen LogP contribution in [-0.2, 0) is 32.5 Å². The van der Waals surface area contributed by atoms with E-state index in [2.05, 4.69) is 102 Å². The molecule has 0 aliphatic rings. The fourth-order valence-corrected chi connectivity index (χ4v) is 5.93. The van der Waals surface area contributed by atoms with Crippen LogP contribution in [0.2, 0.25) is 0 Å². The Hall–Kier alpha value is 1.96. The van der Waals surface area contributed by atoms with Crippen LogP contribution in [-0.4, -0.2) is 73.2 Å². The van der Waals surface area contributed by atoms with Gasteiger partial charge in [0.25, 0.3) is 0 Å². The molecular formula is C30H68Cl4Cu2N6. The van der Waals surface area contributed by atoms with Gasteiger partial charge in [0.1, 0.15) is 0 Å². The summed E-state index contributed by atoms with van der Waals surface area (Å²) < 4.78 is 5.72. The van der Waals surface area contributed by atoms with Gasteiger partial charge in [-0.15, -0.1) is 0 Å². The molecule has 0 aromatic rings. The van der Waals surface area contributed by atoms with Crippen LogP contribution in [0.3, 0.4) is 0 Å². The summed E-state index contributed by atoms with van der Waals surface area (Å²) in [6.45, 7) is 33.0. The molecule has 2 atom stereocenters. The van der Waals surface area contributed by atoms with Gasteiger partial charge in [-0.25, -0.2) is 0 Å². The number of hydrogen-bond donors (Lipinski definition) is 4. The number of hydrogen-bond acceptors (Lipinski definition) is 6. The Labute approximate surface area is 305 Å². The predicted octanol–water partition coefficient (Wildman–Crippen LogP) is -6.91. The molecule has 6 nitrogen and oxygen atoms in total. The van der Waals surface area contributed by atoms with Crippen LogP contribution in [0.1, 0.15) is 109 Å². The second-order valence-electron chi connectivity index (χ2n) is 13.5. The molecule has 42 heavy (non-hydrogen) atoms. The first-order valence-corrected chi connectivity index (χ1v) is 16.0. The van der Waals surface area contributed by atoms with E-state index >= 15 is 0 Å². The average molecular weight is 782 g/mol. The van der Waals surface area contributed by atoms with Crippen molar-refractivity contribution in [3.05, 3.63) is 0 Å². The molecule has 0 aromatic carbocycles. The molecule has 0 radical (unpaired) electrons. The van der Waals surface area contributed by atoms with Crippen molar-refractivity contribution in [1.82, 2.24) is 18.5 Å². The van der Waals surface area contributed by atoms with Gasteiger partial charge in [-0.3, -0.25) is 4.90 Å². The van der Waals surface area contributed by atoms with Gasteiger partial charge in [0.2, 0.25) is 0 Å². The Balaban J connectivity index is -0.000000141. The number of rotatable bonds is 20. The standard InChI is InChI=1S/C15H35N3.C15H33N3.4ClH.2Cu/c2*1-12(2)18(13(3)4)10-8-15(5,6)14(11-17)7-9-16;;;;;;/h12-14H,7-11,16-17H2,1-6H3;12-14,16-17H,7-11H2,1-6H3;4*1H;;/q;-2;;;;;2*+3/p-4. The SMILES string of the molecule is CC(C)N(CCC(C)(C)C(CC[NH][Cu+2])C[NH][Cu+2])C(C)C.CC(C)N(CCC(C)(C)C(CN)CCN)C(C)C.[Cl-].[Cl-].[Cl-].[Cl-]. The van der Waals surface area contributed by atoms with Gasteiger partial charge in [0, 0.05) is 12.1 Å². The third-order valence-electron chi connectivity index (χ3n) is 8.57. The van der Waals surface area contributed by atoms with Gasteiger partial charge >= 0.3 is 143 Å². The molecule has 0 saturated carbocycles. The molecule has 0 spiro atoms. The van der Waals surface area contributed by atoms with Crippen molar-refractivity contribution in [3.63, 3.8) is 0 Å². The van der Waals surface area contributed by atoms with E-state index < -0.39 is 0 Å². The average Bonchev–Trinajstić information content (AvgIpc) is 2.79. The van der Waals surface area contributed by atoms with Gasteiger partial charge in [-0.1, -0.05) is 13.8 Å². The molecule has 0 fully saturated rings. The number of nitrogens with two attached hydrogens (primary N) is 2. The van der Waals surface area contributed by atoms with E-state index in [0.717, 1.165) is 52.1 Å². The first kappa shape index (κ1) is 56.3. The van der Waals surface area contributed by atoms with E-state index in [1.807, 2.05) is 0 Å². The molecular weight excluding hydrogens is 713 g/mol. The van der Waals surface area contributed by atoms with Crippen molar-refractivity contribution < 1.29 is 82.1 Å². The first-order valence-electron chi connectivity index (χ1n) is 15.0. The van der Waals surface area contributed by atoms with Crippen molar-refractivity contribution in [2.24, 2.45) is 34.1 Å². The minimum Gasteiger partial charge on any atom is -1.00 e. The maximum atomic E-state index is 5.90. The second-order valence-corrected chi connectivity index (χ2v) is 14.2. The summed E-state index contributed by atoms with van der Waals surface area (Å²) in [5.74, 6) is 1.08. The Morgan fingerprint density at radius 2 is 0.952 bits per heavy atom. The Morgan fingerprint density at radius 3 is 1.21 bits per heavy atom. The minimum atomic E-state index is 0. The summed E-state index contributed by atoms with van der Waals surface area (Å²) in [5.41, 5.74) is 12.1. The van der Waals surface area contributed by atoms with E-state index in [4.69, 9.17) is 43.9 Å². The summed E-state index contributed by atoms with van der Waals surface area (Å²) in [6.07, 6.45) is 4.46. The fraction of sp³-hybridized carbons (Fsp3) is 1.00. The van der Waals surface area contributed by atoms with Crippen LogP contribution < -0.4 is 69.8 Å². The Bertz CT molecular complexity index is 558. The van der Waals surface area contributed by atoms with Gasteiger partial charge in [0.15, 0.2) is 0 Å². The molecule has 2 unspecified atom stereocenters. The molecule has 0 aliphatic carbocycles. The topological polar surface area (TPSA) is 82.6 Å². The molecule has 0 rings (SSSR count). The molecule has 0 heterocycles. The third-order valence-corrected chi connectivity index (χ3v) is 9.00.